The van der Waals surface area contributed by atoms with E-state index in [4.69, 9.17) is 5.73 Å². The molecule has 0 heterocycles. The number of benzene rings is 1. The van der Waals surface area contributed by atoms with Crippen LogP contribution in [0.1, 0.15) is 51.5 Å². The maximum Gasteiger partial charge on any atom is 0.240 e. The lowest BCUT2D eigenvalue weighted by Crippen LogP contribution is -2.40. The SMILES string of the molecule is CCCCC(CN)NS(=O)(=O)c1ccc(C(C)C)cc1. The molecule has 0 aliphatic rings. The van der Waals surface area contributed by atoms with Gasteiger partial charge in [-0.25, -0.2) is 13.1 Å². The molecule has 0 aliphatic carbocycles. The first-order valence-corrected chi connectivity index (χ1v) is 8.71. The van der Waals surface area contributed by atoms with Crippen LogP contribution in [-0.4, -0.2) is 21.0 Å². The number of hydrogen-bond donors (Lipinski definition) is 2. The maximum atomic E-state index is 12.3. The van der Waals surface area contributed by atoms with Gasteiger partial charge >= 0.3 is 0 Å². The van der Waals surface area contributed by atoms with Gasteiger partial charge in [0.15, 0.2) is 0 Å². The summed E-state index contributed by atoms with van der Waals surface area (Å²) < 4.78 is 27.2. The monoisotopic (exact) mass is 298 g/mol. The molecule has 0 spiro atoms. The molecule has 114 valence electrons. The van der Waals surface area contributed by atoms with Crippen LogP contribution in [0.25, 0.3) is 0 Å². The van der Waals surface area contributed by atoms with Crippen molar-refractivity contribution in [2.75, 3.05) is 6.54 Å². The molecule has 1 atom stereocenters. The van der Waals surface area contributed by atoms with Crippen molar-refractivity contribution in [3.05, 3.63) is 29.8 Å². The molecule has 1 rings (SSSR count). The van der Waals surface area contributed by atoms with E-state index in [0.29, 0.717) is 17.4 Å². The lowest BCUT2D eigenvalue weighted by Gasteiger charge is -2.17. The molecule has 1 aromatic rings. The fourth-order valence-corrected chi connectivity index (χ4v) is 3.28. The van der Waals surface area contributed by atoms with Crippen molar-refractivity contribution in [2.45, 2.75) is 56.9 Å². The molecule has 0 aromatic heterocycles. The zero-order valence-corrected chi connectivity index (χ0v) is 13.4. The van der Waals surface area contributed by atoms with Crippen LogP contribution in [0.4, 0.5) is 0 Å². The van der Waals surface area contributed by atoms with Crippen molar-refractivity contribution in [3.63, 3.8) is 0 Å². The number of nitrogens with two attached hydrogens (primary N) is 1. The van der Waals surface area contributed by atoms with Crippen molar-refractivity contribution < 1.29 is 8.42 Å². The molecule has 20 heavy (non-hydrogen) atoms. The van der Waals surface area contributed by atoms with Gasteiger partial charge < -0.3 is 5.73 Å². The van der Waals surface area contributed by atoms with Crippen LogP contribution in [0.5, 0.6) is 0 Å². The first kappa shape index (κ1) is 17.1. The lowest BCUT2D eigenvalue weighted by atomic mass is 10.0. The Bertz CT molecular complexity index is 495. The molecule has 0 fully saturated rings. The fourth-order valence-electron chi connectivity index (χ4n) is 1.99. The van der Waals surface area contributed by atoms with Gasteiger partial charge in [0.25, 0.3) is 0 Å². The fraction of sp³-hybridized carbons (Fsp3) is 0.600. The van der Waals surface area contributed by atoms with Crippen LogP contribution in [0, 0.1) is 0 Å². The second-order valence-corrected chi connectivity index (χ2v) is 7.13. The average molecular weight is 298 g/mol. The quantitative estimate of drug-likeness (QED) is 0.775. The number of rotatable bonds is 8. The van der Waals surface area contributed by atoms with Crippen LogP contribution >= 0.6 is 0 Å². The van der Waals surface area contributed by atoms with Crippen molar-refractivity contribution in [1.29, 1.82) is 0 Å². The van der Waals surface area contributed by atoms with E-state index in [0.717, 1.165) is 24.8 Å². The molecule has 1 unspecified atom stereocenters. The standard InChI is InChI=1S/C15H26N2O2S/c1-4-5-6-14(11-16)17-20(18,19)15-9-7-13(8-10-15)12(2)3/h7-10,12,14,17H,4-6,11,16H2,1-3H3. The number of hydrogen-bond acceptors (Lipinski definition) is 3. The highest BCUT2D eigenvalue weighted by molar-refractivity contribution is 7.89. The molecule has 0 saturated heterocycles. The first-order valence-electron chi connectivity index (χ1n) is 7.23. The zero-order chi connectivity index (χ0) is 15.2. The molecular formula is C15H26N2O2S. The van der Waals surface area contributed by atoms with Crippen LogP contribution in [0.3, 0.4) is 0 Å². The Hall–Kier alpha value is -0.910. The van der Waals surface area contributed by atoms with Crippen LogP contribution < -0.4 is 10.5 Å². The van der Waals surface area contributed by atoms with Gasteiger partial charge in [0, 0.05) is 12.6 Å². The average Bonchev–Trinajstić information content (AvgIpc) is 2.43. The molecule has 0 aliphatic heterocycles. The zero-order valence-electron chi connectivity index (χ0n) is 12.6. The molecule has 0 radical (unpaired) electrons. The Morgan fingerprint density at radius 1 is 1.20 bits per heavy atom. The minimum Gasteiger partial charge on any atom is -0.329 e. The summed E-state index contributed by atoms with van der Waals surface area (Å²) in [5.74, 6) is 0.390. The van der Waals surface area contributed by atoms with Gasteiger partial charge in [0.2, 0.25) is 10.0 Å². The highest BCUT2D eigenvalue weighted by Gasteiger charge is 2.18. The molecule has 0 amide bonds. The van der Waals surface area contributed by atoms with Gasteiger partial charge in [-0.1, -0.05) is 45.7 Å². The smallest absolute Gasteiger partial charge is 0.240 e. The van der Waals surface area contributed by atoms with Gasteiger partial charge in [-0.3, -0.25) is 0 Å². The summed E-state index contributed by atoms with van der Waals surface area (Å²) in [6.07, 6.45) is 2.77. The normalized spacial score (nSPS) is 13.7. The van der Waals surface area contributed by atoms with E-state index in [-0.39, 0.29) is 6.04 Å². The lowest BCUT2D eigenvalue weighted by molar-refractivity contribution is 0.516. The highest BCUT2D eigenvalue weighted by Crippen LogP contribution is 2.17. The Kier molecular flexibility index (Phi) is 6.65. The predicted octanol–water partition coefficient (Wildman–Crippen LogP) is 2.61. The van der Waals surface area contributed by atoms with E-state index in [2.05, 4.69) is 25.5 Å². The molecule has 0 bridgehead atoms. The Morgan fingerprint density at radius 2 is 1.80 bits per heavy atom. The van der Waals surface area contributed by atoms with Crippen LogP contribution in [-0.2, 0) is 10.0 Å². The Balaban J connectivity index is 2.81. The van der Waals surface area contributed by atoms with Crippen LogP contribution in [0.2, 0.25) is 0 Å². The Morgan fingerprint density at radius 3 is 2.25 bits per heavy atom. The van der Waals surface area contributed by atoms with Crippen molar-refractivity contribution in [2.24, 2.45) is 5.73 Å². The highest BCUT2D eigenvalue weighted by atomic mass is 32.2. The van der Waals surface area contributed by atoms with Crippen molar-refractivity contribution in [1.82, 2.24) is 4.72 Å². The molecule has 4 nitrogen and oxygen atoms in total. The molecular weight excluding hydrogens is 272 g/mol. The van der Waals surface area contributed by atoms with Crippen molar-refractivity contribution >= 4 is 10.0 Å². The molecule has 1 aromatic carbocycles. The number of sulfonamides is 1. The minimum atomic E-state index is -3.47. The summed E-state index contributed by atoms with van der Waals surface area (Å²) in [6, 6.07) is 6.85. The topological polar surface area (TPSA) is 72.2 Å². The van der Waals surface area contributed by atoms with Gasteiger partial charge in [0.05, 0.1) is 4.90 Å². The number of unbranched alkanes of at least 4 members (excludes halogenated alkanes) is 1. The number of nitrogens with one attached hydrogen (secondary N) is 1. The third-order valence-electron chi connectivity index (χ3n) is 3.37. The predicted molar refractivity (Wildman–Crippen MR) is 83.2 cm³/mol. The van der Waals surface area contributed by atoms with Gasteiger partial charge in [0.1, 0.15) is 0 Å². The van der Waals surface area contributed by atoms with Crippen LogP contribution in [0.15, 0.2) is 29.2 Å². The second-order valence-electron chi connectivity index (χ2n) is 5.42. The van der Waals surface area contributed by atoms with Gasteiger partial charge in [-0.15, -0.1) is 0 Å². The van der Waals surface area contributed by atoms with E-state index >= 15 is 0 Å². The maximum absolute atomic E-state index is 12.3. The third-order valence-corrected chi connectivity index (χ3v) is 4.91. The van der Waals surface area contributed by atoms with E-state index in [1.165, 1.54) is 0 Å². The summed E-state index contributed by atoms with van der Waals surface area (Å²) in [5.41, 5.74) is 6.77. The van der Waals surface area contributed by atoms with E-state index in [9.17, 15) is 8.42 Å². The summed E-state index contributed by atoms with van der Waals surface area (Å²) in [7, 11) is -3.47. The summed E-state index contributed by atoms with van der Waals surface area (Å²) in [6.45, 7) is 6.56. The van der Waals surface area contributed by atoms with E-state index in [1.54, 1.807) is 12.1 Å². The molecule has 3 N–H and O–H groups in total. The van der Waals surface area contributed by atoms with Crippen molar-refractivity contribution in [3.8, 4) is 0 Å². The molecule has 5 heteroatoms. The first-order chi connectivity index (χ1) is 9.40. The Labute approximate surface area is 122 Å². The summed E-state index contributed by atoms with van der Waals surface area (Å²) >= 11 is 0. The van der Waals surface area contributed by atoms with E-state index < -0.39 is 10.0 Å². The van der Waals surface area contributed by atoms with Gasteiger partial charge in [-0.2, -0.15) is 0 Å². The van der Waals surface area contributed by atoms with Gasteiger partial charge in [-0.05, 0) is 30.0 Å². The molecule has 0 saturated carbocycles. The summed E-state index contributed by atoms with van der Waals surface area (Å²) in [4.78, 5) is 0.303. The second kappa shape index (κ2) is 7.76. The summed E-state index contributed by atoms with van der Waals surface area (Å²) in [5, 5.41) is 0. The minimum absolute atomic E-state index is 0.190. The van der Waals surface area contributed by atoms with E-state index in [1.807, 2.05) is 12.1 Å². The third kappa shape index (κ3) is 4.89. The largest absolute Gasteiger partial charge is 0.329 e.